The molecule has 1 aromatic heterocycles. The number of rotatable bonds is 1. The molecule has 2 rings (SSSR count). The van der Waals surface area contributed by atoms with E-state index in [0.29, 0.717) is 0 Å². The van der Waals surface area contributed by atoms with Gasteiger partial charge in [-0.15, -0.1) is 0 Å². The second kappa shape index (κ2) is 3.46. The number of nitrogens with zero attached hydrogens (tertiary/aromatic N) is 1. The van der Waals surface area contributed by atoms with E-state index < -0.39 is 0 Å². The van der Waals surface area contributed by atoms with Crippen molar-refractivity contribution in [2.24, 2.45) is 0 Å². The van der Waals surface area contributed by atoms with Crippen LogP contribution in [0.25, 0.3) is 10.9 Å². The summed E-state index contributed by atoms with van der Waals surface area (Å²) in [5.41, 5.74) is 1.92. The average Bonchev–Trinajstić information content (AvgIpc) is 2.23. The predicted octanol–water partition coefficient (Wildman–Crippen LogP) is 3.24. The summed E-state index contributed by atoms with van der Waals surface area (Å²) in [7, 11) is 1.85. The fourth-order valence-electron chi connectivity index (χ4n) is 1.39. The lowest BCUT2D eigenvalue weighted by Crippen LogP contribution is -1.92. The smallest absolute Gasteiger partial charge is 0.126 e. The van der Waals surface area contributed by atoms with Gasteiger partial charge in [-0.25, -0.2) is 4.98 Å². The molecule has 0 amide bonds. The van der Waals surface area contributed by atoms with E-state index >= 15 is 0 Å². The molecule has 1 aromatic carbocycles. The highest BCUT2D eigenvalue weighted by Crippen LogP contribution is 2.26. The third kappa shape index (κ3) is 1.42. The van der Waals surface area contributed by atoms with Gasteiger partial charge < -0.3 is 5.32 Å². The van der Waals surface area contributed by atoms with Crippen LogP contribution >= 0.6 is 11.6 Å². The third-order valence-corrected chi connectivity index (χ3v) is 2.73. The Morgan fingerprint density at radius 1 is 1.21 bits per heavy atom. The quantitative estimate of drug-likeness (QED) is 0.775. The molecule has 1 N–H and O–H groups in total. The van der Waals surface area contributed by atoms with Crippen LogP contribution in [0.1, 0.15) is 5.56 Å². The second-order valence-corrected chi connectivity index (χ2v) is 3.59. The van der Waals surface area contributed by atoms with Crippen molar-refractivity contribution in [3.8, 4) is 0 Å². The molecule has 0 bridgehead atoms. The Labute approximate surface area is 87.9 Å². The van der Waals surface area contributed by atoms with Crippen molar-refractivity contribution >= 4 is 28.3 Å². The van der Waals surface area contributed by atoms with E-state index in [9.17, 15) is 0 Å². The molecule has 0 fully saturated rings. The van der Waals surface area contributed by atoms with Crippen LogP contribution in [0.5, 0.6) is 0 Å². The molecule has 0 aliphatic heterocycles. The van der Waals surface area contributed by atoms with Crippen LogP contribution < -0.4 is 5.32 Å². The summed E-state index contributed by atoms with van der Waals surface area (Å²) in [6, 6.07) is 7.99. The zero-order valence-corrected chi connectivity index (χ0v) is 8.89. The molecule has 0 radical (unpaired) electrons. The fraction of sp³-hybridized carbons (Fsp3) is 0.182. The highest BCUT2D eigenvalue weighted by atomic mass is 35.5. The molecule has 0 saturated carbocycles. The van der Waals surface area contributed by atoms with Gasteiger partial charge in [0.15, 0.2) is 0 Å². The molecule has 0 spiro atoms. The van der Waals surface area contributed by atoms with Gasteiger partial charge in [-0.2, -0.15) is 0 Å². The van der Waals surface area contributed by atoms with Crippen molar-refractivity contribution in [3.63, 3.8) is 0 Å². The van der Waals surface area contributed by atoms with Gasteiger partial charge in [0, 0.05) is 12.4 Å². The number of aryl methyl sites for hydroxylation is 1. The predicted molar refractivity (Wildman–Crippen MR) is 61.0 cm³/mol. The third-order valence-electron chi connectivity index (χ3n) is 2.25. The molecule has 72 valence electrons. The lowest BCUT2D eigenvalue weighted by Gasteiger charge is -2.05. The minimum absolute atomic E-state index is 0.736. The first kappa shape index (κ1) is 9.28. The fourth-order valence-corrected chi connectivity index (χ4v) is 1.61. The largest absolute Gasteiger partial charge is 0.373 e. The summed E-state index contributed by atoms with van der Waals surface area (Å²) in [5, 5.41) is 4.80. The average molecular weight is 207 g/mol. The number of aromatic nitrogens is 1. The minimum atomic E-state index is 0.736. The molecular weight excluding hydrogens is 196 g/mol. The maximum atomic E-state index is 6.16. The van der Waals surface area contributed by atoms with Crippen molar-refractivity contribution in [1.82, 2.24) is 4.98 Å². The number of benzene rings is 1. The van der Waals surface area contributed by atoms with E-state index in [1.807, 2.05) is 38.2 Å². The van der Waals surface area contributed by atoms with E-state index in [1.54, 1.807) is 0 Å². The molecule has 0 saturated heterocycles. The van der Waals surface area contributed by atoms with Crippen LogP contribution in [-0.2, 0) is 0 Å². The van der Waals surface area contributed by atoms with Crippen molar-refractivity contribution in [2.45, 2.75) is 6.92 Å². The maximum absolute atomic E-state index is 6.16. The van der Waals surface area contributed by atoms with Crippen LogP contribution in [0.3, 0.4) is 0 Å². The number of halogens is 1. The van der Waals surface area contributed by atoms with Crippen LogP contribution in [0, 0.1) is 6.92 Å². The van der Waals surface area contributed by atoms with Gasteiger partial charge in [0.1, 0.15) is 5.82 Å². The summed E-state index contributed by atoms with van der Waals surface area (Å²) in [6.07, 6.45) is 0. The van der Waals surface area contributed by atoms with Crippen molar-refractivity contribution in [1.29, 1.82) is 0 Å². The Kier molecular flexibility index (Phi) is 2.30. The Hall–Kier alpha value is -1.28. The Balaban J connectivity index is 2.78. The van der Waals surface area contributed by atoms with Crippen molar-refractivity contribution in [3.05, 3.63) is 34.9 Å². The maximum Gasteiger partial charge on any atom is 0.126 e. The molecule has 1 heterocycles. The molecule has 3 heteroatoms. The number of pyridine rings is 1. The first-order valence-corrected chi connectivity index (χ1v) is 4.84. The Bertz CT molecular complexity index is 480. The van der Waals surface area contributed by atoms with Crippen LogP contribution in [0.15, 0.2) is 24.3 Å². The second-order valence-electron chi connectivity index (χ2n) is 3.21. The molecule has 14 heavy (non-hydrogen) atoms. The lowest BCUT2D eigenvalue weighted by molar-refractivity contribution is 1.33. The summed E-state index contributed by atoms with van der Waals surface area (Å²) in [6.45, 7) is 1.98. The molecule has 2 nitrogen and oxygen atoms in total. The van der Waals surface area contributed by atoms with E-state index in [1.165, 1.54) is 0 Å². The molecule has 0 unspecified atom stereocenters. The first-order valence-electron chi connectivity index (χ1n) is 4.46. The van der Waals surface area contributed by atoms with Crippen LogP contribution in [-0.4, -0.2) is 12.0 Å². The van der Waals surface area contributed by atoms with Gasteiger partial charge >= 0.3 is 0 Å². The van der Waals surface area contributed by atoms with Gasteiger partial charge in [-0.3, -0.25) is 0 Å². The standard InChI is InChI=1S/C11H11ClN2/c1-7-3-4-8-5-6-9(13-2)14-11(8)10(7)12/h3-6H,1-2H3,(H,13,14). The van der Waals surface area contributed by atoms with Crippen LogP contribution in [0.2, 0.25) is 5.02 Å². The normalized spacial score (nSPS) is 10.5. The molecule has 2 aromatic rings. The van der Waals surface area contributed by atoms with Crippen molar-refractivity contribution < 1.29 is 0 Å². The monoisotopic (exact) mass is 206 g/mol. The number of hydrogen-bond donors (Lipinski definition) is 1. The number of fused-ring (bicyclic) bond motifs is 1. The Morgan fingerprint density at radius 3 is 2.64 bits per heavy atom. The van der Waals surface area contributed by atoms with Crippen LogP contribution in [0.4, 0.5) is 5.82 Å². The number of hydrogen-bond acceptors (Lipinski definition) is 2. The van der Waals surface area contributed by atoms with Gasteiger partial charge in [-0.1, -0.05) is 23.7 Å². The Morgan fingerprint density at radius 2 is 1.93 bits per heavy atom. The van der Waals surface area contributed by atoms with Gasteiger partial charge in [0.05, 0.1) is 10.5 Å². The summed E-state index contributed by atoms with van der Waals surface area (Å²) >= 11 is 6.16. The van der Waals surface area contributed by atoms with Gasteiger partial charge in [0.25, 0.3) is 0 Å². The SMILES string of the molecule is CNc1ccc2ccc(C)c(Cl)c2n1. The van der Waals surface area contributed by atoms with Crippen molar-refractivity contribution in [2.75, 3.05) is 12.4 Å². The zero-order valence-electron chi connectivity index (χ0n) is 8.13. The topological polar surface area (TPSA) is 24.9 Å². The zero-order chi connectivity index (χ0) is 10.1. The number of anilines is 1. The van der Waals surface area contributed by atoms with E-state index in [0.717, 1.165) is 27.3 Å². The summed E-state index contributed by atoms with van der Waals surface area (Å²) < 4.78 is 0. The molecule has 0 aliphatic carbocycles. The van der Waals surface area contributed by atoms with E-state index in [4.69, 9.17) is 11.6 Å². The van der Waals surface area contributed by atoms with Gasteiger partial charge in [-0.05, 0) is 24.6 Å². The molecule has 0 atom stereocenters. The first-order chi connectivity index (χ1) is 6.72. The van der Waals surface area contributed by atoms with Gasteiger partial charge in [0.2, 0.25) is 0 Å². The summed E-state index contributed by atoms with van der Waals surface area (Å²) in [5.74, 6) is 0.838. The summed E-state index contributed by atoms with van der Waals surface area (Å²) in [4.78, 5) is 4.41. The molecular formula is C11H11ClN2. The highest BCUT2D eigenvalue weighted by molar-refractivity contribution is 6.35. The lowest BCUT2D eigenvalue weighted by atomic mass is 10.1. The minimum Gasteiger partial charge on any atom is -0.373 e. The molecule has 0 aliphatic rings. The highest BCUT2D eigenvalue weighted by Gasteiger charge is 2.03. The number of nitrogens with one attached hydrogen (secondary N) is 1. The van der Waals surface area contributed by atoms with E-state index in [-0.39, 0.29) is 0 Å². The van der Waals surface area contributed by atoms with E-state index in [2.05, 4.69) is 10.3 Å².